The van der Waals surface area contributed by atoms with Gasteiger partial charge in [-0.25, -0.2) is 0 Å². The first-order chi connectivity index (χ1) is 13.5. The normalized spacial score (nSPS) is 15.6. The standard InChI is InChI=1S/C21H13NO5S/c23-16(13-6-2-1-3-7-13)11-22-20(25)18(28-21(22)26)10-14-12-27-17-9-5-4-8-15(17)19(14)24/h1-10,12H,11H2/b18-10-. The van der Waals surface area contributed by atoms with Gasteiger partial charge in [-0.05, 0) is 30.0 Å². The van der Waals surface area contributed by atoms with Gasteiger partial charge in [-0.15, -0.1) is 0 Å². The number of benzene rings is 2. The van der Waals surface area contributed by atoms with E-state index in [0.29, 0.717) is 28.3 Å². The molecule has 1 aliphatic heterocycles. The molecule has 3 aromatic rings. The highest BCUT2D eigenvalue weighted by molar-refractivity contribution is 8.18. The fourth-order valence-corrected chi connectivity index (χ4v) is 3.66. The summed E-state index contributed by atoms with van der Waals surface area (Å²) >= 11 is 0.694. The molecule has 7 heteroatoms. The van der Waals surface area contributed by atoms with E-state index < -0.39 is 11.1 Å². The van der Waals surface area contributed by atoms with Gasteiger partial charge in [0.25, 0.3) is 11.1 Å². The lowest BCUT2D eigenvalue weighted by molar-refractivity contribution is -0.122. The molecule has 1 saturated heterocycles. The highest BCUT2D eigenvalue weighted by atomic mass is 32.2. The third kappa shape index (κ3) is 3.27. The van der Waals surface area contributed by atoms with Crippen molar-refractivity contribution >= 4 is 45.7 Å². The number of carbonyl (C=O) groups excluding carboxylic acids is 3. The Morgan fingerprint density at radius 1 is 1.00 bits per heavy atom. The topological polar surface area (TPSA) is 84.7 Å². The smallest absolute Gasteiger partial charge is 0.293 e. The van der Waals surface area contributed by atoms with Crippen molar-refractivity contribution in [2.75, 3.05) is 6.54 Å². The average molecular weight is 391 g/mol. The number of hydrogen-bond donors (Lipinski definition) is 0. The minimum Gasteiger partial charge on any atom is -0.463 e. The van der Waals surface area contributed by atoms with Gasteiger partial charge in [0, 0.05) is 5.56 Å². The van der Waals surface area contributed by atoms with Crippen LogP contribution in [0, 0.1) is 0 Å². The van der Waals surface area contributed by atoms with Gasteiger partial charge in [-0.2, -0.15) is 0 Å². The Morgan fingerprint density at radius 2 is 1.71 bits per heavy atom. The summed E-state index contributed by atoms with van der Waals surface area (Å²) in [7, 11) is 0. The average Bonchev–Trinajstić information content (AvgIpc) is 2.98. The van der Waals surface area contributed by atoms with Crippen LogP contribution >= 0.6 is 11.8 Å². The molecule has 2 amide bonds. The molecule has 0 atom stereocenters. The maximum absolute atomic E-state index is 12.6. The van der Waals surface area contributed by atoms with Crippen molar-refractivity contribution in [2.45, 2.75) is 0 Å². The number of nitrogens with zero attached hydrogens (tertiary/aromatic N) is 1. The van der Waals surface area contributed by atoms with E-state index in [4.69, 9.17) is 4.42 Å². The third-order valence-corrected chi connectivity index (χ3v) is 5.17. The SMILES string of the molecule is O=C(CN1C(=O)S/C(=C\c2coc3ccccc3c2=O)C1=O)c1ccccc1. The maximum Gasteiger partial charge on any atom is 0.293 e. The Morgan fingerprint density at radius 3 is 2.50 bits per heavy atom. The lowest BCUT2D eigenvalue weighted by Crippen LogP contribution is -2.33. The van der Waals surface area contributed by atoms with Crippen LogP contribution < -0.4 is 5.43 Å². The summed E-state index contributed by atoms with van der Waals surface area (Å²) in [5.74, 6) is -0.943. The molecule has 6 nitrogen and oxygen atoms in total. The molecular formula is C21H13NO5S. The molecule has 0 saturated carbocycles. The minimum absolute atomic E-state index is 0.0773. The van der Waals surface area contributed by atoms with Crippen LogP contribution in [0.5, 0.6) is 0 Å². The predicted molar refractivity (Wildman–Crippen MR) is 106 cm³/mol. The molecule has 1 fully saturated rings. The zero-order chi connectivity index (χ0) is 19.7. The molecular weight excluding hydrogens is 378 g/mol. The Kier molecular flexibility index (Phi) is 4.67. The highest BCUT2D eigenvalue weighted by Crippen LogP contribution is 2.32. The first-order valence-corrected chi connectivity index (χ1v) is 9.20. The lowest BCUT2D eigenvalue weighted by Gasteiger charge is -2.11. The van der Waals surface area contributed by atoms with Crippen LogP contribution in [0.15, 0.2) is 75.0 Å². The molecule has 4 rings (SSSR count). The molecule has 2 heterocycles. The van der Waals surface area contributed by atoms with Gasteiger partial charge in [-0.1, -0.05) is 42.5 Å². The number of amides is 2. The summed E-state index contributed by atoms with van der Waals surface area (Å²) < 4.78 is 5.43. The van der Waals surface area contributed by atoms with Crippen molar-refractivity contribution in [2.24, 2.45) is 0 Å². The molecule has 0 radical (unpaired) electrons. The zero-order valence-electron chi connectivity index (χ0n) is 14.5. The predicted octanol–water partition coefficient (Wildman–Crippen LogP) is 3.71. The molecule has 0 spiro atoms. The number of hydrogen-bond acceptors (Lipinski definition) is 6. The number of ketones is 1. The van der Waals surface area contributed by atoms with Crippen LogP contribution in [0.2, 0.25) is 0 Å². The van der Waals surface area contributed by atoms with Crippen molar-refractivity contribution in [3.8, 4) is 0 Å². The third-order valence-electron chi connectivity index (χ3n) is 4.26. The van der Waals surface area contributed by atoms with E-state index in [2.05, 4.69) is 0 Å². The Bertz CT molecular complexity index is 1200. The van der Waals surface area contributed by atoms with Crippen LogP contribution in [-0.2, 0) is 4.79 Å². The number of para-hydroxylation sites is 1. The van der Waals surface area contributed by atoms with Crippen LogP contribution in [0.4, 0.5) is 4.79 Å². The quantitative estimate of drug-likeness (QED) is 0.498. The zero-order valence-corrected chi connectivity index (χ0v) is 15.3. The molecule has 138 valence electrons. The van der Waals surface area contributed by atoms with E-state index in [0.717, 1.165) is 4.90 Å². The second-order valence-electron chi connectivity index (χ2n) is 6.07. The minimum atomic E-state index is -0.605. The van der Waals surface area contributed by atoms with Gasteiger partial charge in [0.1, 0.15) is 11.8 Å². The molecule has 2 aromatic carbocycles. The monoisotopic (exact) mass is 391 g/mol. The van der Waals surface area contributed by atoms with E-state index in [1.807, 2.05) is 0 Å². The van der Waals surface area contributed by atoms with Crippen molar-refractivity contribution in [3.63, 3.8) is 0 Å². The highest BCUT2D eigenvalue weighted by Gasteiger charge is 2.36. The number of Topliss-reactive ketones (excluding diaryl/α,β-unsaturated/α-hetero) is 1. The fraction of sp³-hybridized carbons (Fsp3) is 0.0476. The summed E-state index contributed by atoms with van der Waals surface area (Å²) in [6, 6.07) is 15.2. The fourth-order valence-electron chi connectivity index (χ4n) is 2.83. The molecule has 0 aliphatic carbocycles. The summed E-state index contributed by atoms with van der Waals surface area (Å²) in [4.78, 5) is 50.7. The van der Waals surface area contributed by atoms with Gasteiger partial charge in [0.2, 0.25) is 0 Å². The van der Waals surface area contributed by atoms with Crippen molar-refractivity contribution < 1.29 is 18.8 Å². The van der Waals surface area contributed by atoms with Gasteiger partial charge in [0.15, 0.2) is 11.2 Å². The van der Waals surface area contributed by atoms with E-state index in [9.17, 15) is 19.2 Å². The second-order valence-corrected chi connectivity index (χ2v) is 7.07. The van der Waals surface area contributed by atoms with Crippen molar-refractivity contribution in [3.05, 3.63) is 87.1 Å². The Hall–Kier alpha value is -3.45. The molecule has 1 aromatic heterocycles. The van der Waals surface area contributed by atoms with Crippen LogP contribution in [-0.4, -0.2) is 28.4 Å². The number of imide groups is 1. The lowest BCUT2D eigenvalue weighted by atomic mass is 10.1. The van der Waals surface area contributed by atoms with Gasteiger partial charge in [-0.3, -0.25) is 24.1 Å². The van der Waals surface area contributed by atoms with Crippen molar-refractivity contribution in [1.82, 2.24) is 4.90 Å². The number of carbonyl (C=O) groups is 3. The van der Waals surface area contributed by atoms with Crippen LogP contribution in [0.3, 0.4) is 0 Å². The van der Waals surface area contributed by atoms with Crippen molar-refractivity contribution in [1.29, 1.82) is 0 Å². The van der Waals surface area contributed by atoms with E-state index in [-0.39, 0.29) is 28.2 Å². The van der Waals surface area contributed by atoms with Crippen LogP contribution in [0.1, 0.15) is 15.9 Å². The summed E-state index contributed by atoms with van der Waals surface area (Å²) in [5, 5.41) is -0.166. The Labute approximate surface area is 163 Å². The summed E-state index contributed by atoms with van der Waals surface area (Å²) in [6.07, 6.45) is 2.59. The van der Waals surface area contributed by atoms with Gasteiger partial charge >= 0.3 is 0 Å². The molecule has 0 N–H and O–H groups in total. The molecule has 0 bridgehead atoms. The number of thioether (sulfide) groups is 1. The van der Waals surface area contributed by atoms with E-state index in [1.54, 1.807) is 54.6 Å². The van der Waals surface area contributed by atoms with Crippen LogP contribution in [0.25, 0.3) is 17.0 Å². The molecule has 28 heavy (non-hydrogen) atoms. The Balaban J connectivity index is 1.61. The maximum atomic E-state index is 12.6. The molecule has 0 unspecified atom stereocenters. The van der Waals surface area contributed by atoms with Gasteiger partial charge in [0.05, 0.1) is 22.4 Å². The first-order valence-electron chi connectivity index (χ1n) is 8.39. The van der Waals surface area contributed by atoms with E-state index >= 15 is 0 Å². The summed E-state index contributed by atoms with van der Waals surface area (Å²) in [6.45, 7) is -0.349. The largest absolute Gasteiger partial charge is 0.463 e. The number of fused-ring (bicyclic) bond motifs is 1. The van der Waals surface area contributed by atoms with Gasteiger partial charge < -0.3 is 4.42 Å². The molecule has 1 aliphatic rings. The number of rotatable bonds is 4. The first kappa shape index (κ1) is 17.9. The second kappa shape index (κ2) is 7.28. The summed E-state index contributed by atoms with van der Waals surface area (Å²) in [5.41, 5.74) is 0.722. The van der Waals surface area contributed by atoms with E-state index in [1.165, 1.54) is 12.3 Å².